The minimum atomic E-state index is -0.832. The Morgan fingerprint density at radius 2 is 0.603 bits per heavy atom. The van der Waals surface area contributed by atoms with Crippen LogP contribution in [0.3, 0.4) is 0 Å². The molecular weight excluding hydrogens is 841 g/mol. The van der Waals surface area contributed by atoms with Gasteiger partial charge < -0.3 is 14.2 Å². The van der Waals surface area contributed by atoms with Gasteiger partial charge in [-0.3, -0.25) is 14.4 Å². The predicted octanol–water partition coefficient (Wildman–Crippen LogP) is 18.0. The summed E-state index contributed by atoms with van der Waals surface area (Å²) < 4.78 is 16.7. The summed E-state index contributed by atoms with van der Waals surface area (Å²) in [6.07, 6.45) is 78.6. The molecule has 0 bridgehead atoms. The van der Waals surface area contributed by atoms with Crippen molar-refractivity contribution in [1.82, 2.24) is 0 Å². The third-order valence-electron chi connectivity index (χ3n) is 10.6. The molecule has 0 saturated heterocycles. The van der Waals surface area contributed by atoms with Crippen molar-refractivity contribution in [3.63, 3.8) is 0 Å². The van der Waals surface area contributed by atoms with Crippen molar-refractivity contribution < 1.29 is 28.6 Å². The first-order valence-electron chi connectivity index (χ1n) is 26.8. The SMILES string of the molecule is CC/C=C\C/C=C\C/C=C\C/C=C\C/C=C\C/C=C\C/C=C\CCCCCCCC(=O)OCC(COC(=O)CCCCCCC/C=C\CCC)OC(=O)CC/C=C\C/C=C\C/C=C\C/C=C\CC. The molecule has 0 N–H and O–H groups in total. The Kier molecular flexibility index (Phi) is 51.1. The summed E-state index contributed by atoms with van der Waals surface area (Å²) in [6, 6.07) is 0. The molecule has 6 nitrogen and oxygen atoms in total. The average Bonchev–Trinajstić information content (AvgIpc) is 3.34. The molecule has 0 amide bonds. The van der Waals surface area contributed by atoms with E-state index in [0.29, 0.717) is 19.3 Å². The van der Waals surface area contributed by atoms with Gasteiger partial charge in [0.15, 0.2) is 6.10 Å². The van der Waals surface area contributed by atoms with Crippen molar-refractivity contribution in [2.24, 2.45) is 0 Å². The lowest BCUT2D eigenvalue weighted by molar-refractivity contribution is -0.166. The lowest BCUT2D eigenvalue weighted by Gasteiger charge is -2.18. The number of carbonyl (C=O) groups is 3. The zero-order chi connectivity index (χ0) is 49.3. The Morgan fingerprint density at radius 3 is 0.971 bits per heavy atom. The quantitative estimate of drug-likeness (QED) is 0.0262. The summed E-state index contributed by atoms with van der Waals surface area (Å²) in [5.74, 6) is -1.05. The largest absolute Gasteiger partial charge is 0.462 e. The number of ether oxygens (including phenoxy) is 3. The second-order valence-corrected chi connectivity index (χ2v) is 17.0. The second kappa shape index (κ2) is 54.9. The highest BCUT2D eigenvalue weighted by atomic mass is 16.6. The molecule has 0 aromatic carbocycles. The van der Waals surface area contributed by atoms with Crippen LogP contribution in [0.4, 0.5) is 0 Å². The number of unbranched alkanes of at least 4 members (excludes halogenated alkanes) is 11. The van der Waals surface area contributed by atoms with Crippen LogP contribution in [0.1, 0.15) is 207 Å². The van der Waals surface area contributed by atoms with Gasteiger partial charge in [-0.1, -0.05) is 212 Å². The molecule has 0 aromatic rings. The van der Waals surface area contributed by atoms with E-state index in [0.717, 1.165) is 148 Å². The van der Waals surface area contributed by atoms with Gasteiger partial charge in [0.05, 0.1) is 0 Å². The van der Waals surface area contributed by atoms with Crippen LogP contribution < -0.4 is 0 Å². The van der Waals surface area contributed by atoms with E-state index < -0.39 is 12.1 Å². The van der Waals surface area contributed by atoms with E-state index in [9.17, 15) is 14.4 Å². The van der Waals surface area contributed by atoms with Crippen LogP contribution >= 0.6 is 0 Å². The Morgan fingerprint density at radius 1 is 0.309 bits per heavy atom. The van der Waals surface area contributed by atoms with Gasteiger partial charge in [0.2, 0.25) is 0 Å². The third-order valence-corrected chi connectivity index (χ3v) is 10.6. The zero-order valence-electron chi connectivity index (χ0n) is 43.3. The van der Waals surface area contributed by atoms with Crippen molar-refractivity contribution >= 4 is 17.9 Å². The summed E-state index contributed by atoms with van der Waals surface area (Å²) in [5.41, 5.74) is 0. The molecule has 0 fully saturated rings. The molecule has 0 heterocycles. The zero-order valence-corrected chi connectivity index (χ0v) is 43.3. The fourth-order valence-corrected chi connectivity index (χ4v) is 6.61. The number of allylic oxidation sites excluding steroid dienone is 24. The highest BCUT2D eigenvalue weighted by Gasteiger charge is 2.19. The number of carbonyl (C=O) groups excluding carboxylic acids is 3. The minimum absolute atomic E-state index is 0.123. The van der Waals surface area contributed by atoms with Crippen LogP contribution in [-0.2, 0) is 28.6 Å². The molecule has 0 spiro atoms. The highest BCUT2D eigenvalue weighted by Crippen LogP contribution is 2.12. The van der Waals surface area contributed by atoms with Gasteiger partial charge >= 0.3 is 17.9 Å². The number of esters is 3. The van der Waals surface area contributed by atoms with Crippen LogP contribution in [-0.4, -0.2) is 37.2 Å². The second-order valence-electron chi connectivity index (χ2n) is 17.0. The van der Waals surface area contributed by atoms with Gasteiger partial charge in [0.1, 0.15) is 13.2 Å². The van der Waals surface area contributed by atoms with Gasteiger partial charge in [0, 0.05) is 19.3 Å². The third kappa shape index (κ3) is 52.3. The van der Waals surface area contributed by atoms with Crippen molar-refractivity contribution in [3.05, 3.63) is 146 Å². The summed E-state index contributed by atoms with van der Waals surface area (Å²) in [5, 5.41) is 0. The highest BCUT2D eigenvalue weighted by molar-refractivity contribution is 5.71. The normalized spacial score (nSPS) is 13.3. The molecule has 0 aliphatic carbocycles. The van der Waals surface area contributed by atoms with Gasteiger partial charge in [-0.25, -0.2) is 0 Å². The monoisotopic (exact) mass is 937 g/mol. The van der Waals surface area contributed by atoms with E-state index >= 15 is 0 Å². The summed E-state index contributed by atoms with van der Waals surface area (Å²) in [7, 11) is 0. The maximum Gasteiger partial charge on any atom is 0.306 e. The number of rotatable bonds is 46. The molecular formula is C62H96O6. The molecule has 380 valence electrons. The van der Waals surface area contributed by atoms with Crippen molar-refractivity contribution in [3.8, 4) is 0 Å². The predicted molar refractivity (Wildman–Crippen MR) is 292 cm³/mol. The fourth-order valence-electron chi connectivity index (χ4n) is 6.61. The van der Waals surface area contributed by atoms with E-state index in [1.807, 2.05) is 12.2 Å². The molecule has 0 aromatic heterocycles. The first-order valence-corrected chi connectivity index (χ1v) is 26.8. The van der Waals surface area contributed by atoms with E-state index in [4.69, 9.17) is 14.2 Å². The van der Waals surface area contributed by atoms with Gasteiger partial charge in [-0.2, -0.15) is 0 Å². The molecule has 68 heavy (non-hydrogen) atoms. The summed E-state index contributed by atoms with van der Waals surface area (Å²) in [4.78, 5) is 37.9. The van der Waals surface area contributed by atoms with Crippen molar-refractivity contribution in [2.45, 2.75) is 213 Å². The number of hydrogen-bond acceptors (Lipinski definition) is 6. The summed E-state index contributed by atoms with van der Waals surface area (Å²) in [6.45, 7) is 6.23. The molecule has 6 heteroatoms. The van der Waals surface area contributed by atoms with Gasteiger partial charge in [0.25, 0.3) is 0 Å². The molecule has 1 unspecified atom stereocenters. The maximum absolute atomic E-state index is 12.7. The lowest BCUT2D eigenvalue weighted by Crippen LogP contribution is -2.30. The van der Waals surface area contributed by atoms with E-state index in [1.54, 1.807) is 0 Å². The number of hydrogen-bond donors (Lipinski definition) is 0. The Balaban J connectivity index is 4.39. The van der Waals surface area contributed by atoms with Crippen molar-refractivity contribution in [1.29, 1.82) is 0 Å². The molecule has 0 aliphatic heterocycles. The van der Waals surface area contributed by atoms with Crippen LogP contribution in [0.15, 0.2) is 146 Å². The Bertz CT molecular complexity index is 1540. The maximum atomic E-state index is 12.7. The molecule has 0 rings (SSSR count). The van der Waals surface area contributed by atoms with Crippen LogP contribution in [0.25, 0.3) is 0 Å². The topological polar surface area (TPSA) is 78.9 Å². The van der Waals surface area contributed by atoms with Crippen molar-refractivity contribution in [2.75, 3.05) is 13.2 Å². The van der Waals surface area contributed by atoms with E-state index in [2.05, 4.69) is 154 Å². The van der Waals surface area contributed by atoms with Crippen LogP contribution in [0.5, 0.6) is 0 Å². The standard InChI is InChI=1S/C62H96O6/c1-4-7-10-13-16-19-22-24-25-26-27-28-29-30-31-32-33-34-35-36-37-39-40-43-46-49-52-55-61(64)67-58-59(57-66-60(63)54-51-48-45-42-21-18-15-12-9-6-3)68-62(65)56-53-50-47-44-41-38-23-20-17-14-11-8-5-2/h7-8,10-12,15-17,19-20,24-25,27-28,30-31,33-34,36-38,41,47,50,59H,4-6,9,13-14,18,21-23,26,29,32,35,39-40,42-46,48-49,51-58H2,1-3H3/b10-7-,11-8-,15-12-,19-16-,20-17-,25-24-,28-27-,31-30-,34-33-,37-36-,41-38-,50-47-. The fraction of sp³-hybridized carbons (Fsp3) is 0.565. The molecule has 1 atom stereocenters. The minimum Gasteiger partial charge on any atom is -0.462 e. The average molecular weight is 937 g/mol. The van der Waals surface area contributed by atoms with E-state index in [1.165, 1.54) is 12.8 Å². The molecule has 0 aliphatic rings. The molecule has 0 saturated carbocycles. The molecule has 0 radical (unpaired) electrons. The lowest BCUT2D eigenvalue weighted by atomic mass is 10.1. The van der Waals surface area contributed by atoms with Crippen LogP contribution in [0, 0.1) is 0 Å². The summed E-state index contributed by atoms with van der Waals surface area (Å²) >= 11 is 0. The van der Waals surface area contributed by atoms with E-state index in [-0.39, 0.29) is 31.6 Å². The van der Waals surface area contributed by atoms with Gasteiger partial charge in [-0.05, 0) is 122 Å². The smallest absolute Gasteiger partial charge is 0.306 e. The Labute approximate surface area is 417 Å². The first-order chi connectivity index (χ1) is 33.5. The van der Waals surface area contributed by atoms with Crippen LogP contribution in [0.2, 0.25) is 0 Å². The Hall–Kier alpha value is -4.71. The first kappa shape index (κ1) is 63.3. The van der Waals surface area contributed by atoms with Gasteiger partial charge in [-0.15, -0.1) is 0 Å².